The molecular formula is C17H26IN5O. The number of hydrogen-bond acceptors (Lipinski definition) is 3. The van der Waals surface area contributed by atoms with Crippen molar-refractivity contribution < 1.29 is 4.74 Å². The average Bonchev–Trinajstić information content (AvgIpc) is 2.99. The zero-order valence-corrected chi connectivity index (χ0v) is 16.8. The van der Waals surface area contributed by atoms with Crippen LogP contribution in [-0.4, -0.2) is 43.0 Å². The van der Waals surface area contributed by atoms with E-state index in [0.717, 1.165) is 37.6 Å². The summed E-state index contributed by atoms with van der Waals surface area (Å²) in [6.45, 7) is 1.62. The number of methoxy groups -OCH3 is 1. The summed E-state index contributed by atoms with van der Waals surface area (Å²) in [4.78, 5) is 4.24. The molecule has 2 rings (SSSR count). The summed E-state index contributed by atoms with van der Waals surface area (Å²) in [5.41, 5.74) is 2.40. The minimum Gasteiger partial charge on any atom is -0.496 e. The van der Waals surface area contributed by atoms with Crippen molar-refractivity contribution in [3.8, 4) is 5.75 Å². The number of para-hydroxylation sites is 1. The van der Waals surface area contributed by atoms with Gasteiger partial charge in [0.25, 0.3) is 0 Å². The number of nitrogens with one attached hydrogen (secondary N) is 2. The van der Waals surface area contributed by atoms with E-state index in [-0.39, 0.29) is 24.0 Å². The van der Waals surface area contributed by atoms with E-state index in [0.29, 0.717) is 0 Å². The van der Waals surface area contributed by atoms with Gasteiger partial charge in [-0.1, -0.05) is 18.2 Å². The van der Waals surface area contributed by atoms with Gasteiger partial charge in [-0.25, -0.2) is 0 Å². The number of aromatic nitrogens is 2. The Kier molecular flexibility index (Phi) is 9.21. The van der Waals surface area contributed by atoms with Gasteiger partial charge in [0.2, 0.25) is 0 Å². The third-order valence-electron chi connectivity index (χ3n) is 3.57. The van der Waals surface area contributed by atoms with Crippen molar-refractivity contribution in [2.24, 2.45) is 12.0 Å². The van der Waals surface area contributed by atoms with E-state index in [4.69, 9.17) is 4.74 Å². The Bertz CT molecular complexity index is 641. The van der Waals surface area contributed by atoms with Crippen LogP contribution in [-0.2, 0) is 19.9 Å². The first-order valence-corrected chi connectivity index (χ1v) is 7.77. The van der Waals surface area contributed by atoms with E-state index < -0.39 is 0 Å². The Morgan fingerprint density at radius 2 is 1.92 bits per heavy atom. The van der Waals surface area contributed by atoms with Gasteiger partial charge >= 0.3 is 0 Å². The van der Waals surface area contributed by atoms with Crippen LogP contribution >= 0.6 is 24.0 Å². The van der Waals surface area contributed by atoms with Gasteiger partial charge < -0.3 is 15.4 Å². The van der Waals surface area contributed by atoms with Crippen molar-refractivity contribution in [3.63, 3.8) is 0 Å². The number of benzene rings is 1. The molecule has 0 atom stereocenters. The fraction of sp³-hybridized carbons (Fsp3) is 0.412. The Hall–Kier alpha value is -1.77. The molecule has 0 aliphatic rings. The molecule has 0 radical (unpaired) electrons. The highest BCUT2D eigenvalue weighted by Gasteiger charge is 2.03. The largest absolute Gasteiger partial charge is 0.496 e. The van der Waals surface area contributed by atoms with Crippen LogP contribution < -0.4 is 15.4 Å². The van der Waals surface area contributed by atoms with E-state index in [1.165, 1.54) is 11.1 Å². The normalized spacial score (nSPS) is 10.9. The third kappa shape index (κ3) is 6.38. The number of halogens is 1. The predicted molar refractivity (Wildman–Crippen MR) is 108 cm³/mol. The lowest BCUT2D eigenvalue weighted by atomic mass is 10.1. The van der Waals surface area contributed by atoms with Crippen LogP contribution in [0.1, 0.15) is 11.1 Å². The van der Waals surface area contributed by atoms with Gasteiger partial charge in [-0.2, -0.15) is 5.10 Å². The fourth-order valence-corrected chi connectivity index (χ4v) is 2.37. The van der Waals surface area contributed by atoms with E-state index in [2.05, 4.69) is 26.8 Å². The van der Waals surface area contributed by atoms with E-state index in [1.807, 2.05) is 42.3 Å². The average molecular weight is 443 g/mol. The van der Waals surface area contributed by atoms with Gasteiger partial charge in [0.05, 0.1) is 13.3 Å². The molecule has 0 unspecified atom stereocenters. The molecular weight excluding hydrogens is 417 g/mol. The van der Waals surface area contributed by atoms with Crippen molar-refractivity contribution in [1.82, 2.24) is 20.4 Å². The summed E-state index contributed by atoms with van der Waals surface area (Å²) >= 11 is 0. The van der Waals surface area contributed by atoms with Crippen LogP contribution in [0.25, 0.3) is 0 Å². The second kappa shape index (κ2) is 10.9. The Morgan fingerprint density at radius 3 is 2.54 bits per heavy atom. The molecule has 1 aromatic heterocycles. The van der Waals surface area contributed by atoms with Crippen molar-refractivity contribution in [3.05, 3.63) is 47.8 Å². The van der Waals surface area contributed by atoms with Crippen molar-refractivity contribution >= 4 is 29.9 Å². The highest BCUT2D eigenvalue weighted by Crippen LogP contribution is 2.17. The van der Waals surface area contributed by atoms with Crippen LogP contribution in [0.15, 0.2) is 41.7 Å². The standard InChI is InChI=1S/C17H25N5O.HI/c1-18-17(19-10-8-14-12-21-22(2)13-14)20-11-9-15-6-4-5-7-16(15)23-3;/h4-7,12-13H,8-11H2,1-3H3,(H2,18,19,20);1H. The van der Waals surface area contributed by atoms with Crippen LogP contribution in [0, 0.1) is 0 Å². The van der Waals surface area contributed by atoms with Crippen LogP contribution in [0.2, 0.25) is 0 Å². The lowest BCUT2D eigenvalue weighted by molar-refractivity contribution is 0.409. The van der Waals surface area contributed by atoms with Crippen LogP contribution in [0.5, 0.6) is 5.75 Å². The van der Waals surface area contributed by atoms with Gasteiger partial charge in [0, 0.05) is 33.4 Å². The molecule has 0 aliphatic heterocycles. The fourth-order valence-electron chi connectivity index (χ4n) is 2.37. The number of aliphatic imine (C=N–C) groups is 1. The maximum absolute atomic E-state index is 5.36. The molecule has 0 saturated carbocycles. The molecule has 6 nitrogen and oxygen atoms in total. The van der Waals surface area contributed by atoms with Crippen LogP contribution in [0.4, 0.5) is 0 Å². The second-order valence-electron chi connectivity index (χ2n) is 5.26. The molecule has 7 heteroatoms. The molecule has 2 N–H and O–H groups in total. The smallest absolute Gasteiger partial charge is 0.190 e. The molecule has 0 bridgehead atoms. The zero-order chi connectivity index (χ0) is 16.5. The van der Waals surface area contributed by atoms with Gasteiger partial charge in [-0.05, 0) is 30.0 Å². The summed E-state index contributed by atoms with van der Waals surface area (Å²) in [5.74, 6) is 1.73. The number of guanidine groups is 1. The molecule has 24 heavy (non-hydrogen) atoms. The number of ether oxygens (including phenoxy) is 1. The summed E-state index contributed by atoms with van der Waals surface area (Å²) < 4.78 is 7.18. The minimum atomic E-state index is 0. The van der Waals surface area contributed by atoms with Crippen LogP contribution in [0.3, 0.4) is 0 Å². The third-order valence-corrected chi connectivity index (χ3v) is 3.57. The summed E-state index contributed by atoms with van der Waals surface area (Å²) in [6, 6.07) is 8.07. The quantitative estimate of drug-likeness (QED) is 0.391. The van der Waals surface area contributed by atoms with Gasteiger partial charge in [-0.15, -0.1) is 24.0 Å². The van der Waals surface area contributed by atoms with Crippen molar-refractivity contribution in [2.45, 2.75) is 12.8 Å². The molecule has 132 valence electrons. The monoisotopic (exact) mass is 443 g/mol. The number of rotatable bonds is 7. The molecule has 0 amide bonds. The summed E-state index contributed by atoms with van der Waals surface area (Å²) in [7, 11) is 5.41. The van der Waals surface area contributed by atoms with Gasteiger partial charge in [0.1, 0.15) is 5.75 Å². The highest BCUT2D eigenvalue weighted by atomic mass is 127. The van der Waals surface area contributed by atoms with Gasteiger partial charge in [-0.3, -0.25) is 9.67 Å². The zero-order valence-electron chi connectivity index (χ0n) is 14.5. The van der Waals surface area contributed by atoms with Crippen molar-refractivity contribution in [1.29, 1.82) is 0 Å². The second-order valence-corrected chi connectivity index (χ2v) is 5.26. The maximum Gasteiger partial charge on any atom is 0.190 e. The lowest BCUT2D eigenvalue weighted by Crippen LogP contribution is -2.39. The topological polar surface area (TPSA) is 63.5 Å². The first kappa shape index (κ1) is 20.3. The lowest BCUT2D eigenvalue weighted by Gasteiger charge is -2.12. The maximum atomic E-state index is 5.36. The Labute approximate surface area is 160 Å². The molecule has 1 heterocycles. The molecule has 2 aromatic rings. The SMILES string of the molecule is CN=C(NCCc1cnn(C)c1)NCCc1ccccc1OC.I. The molecule has 1 aromatic carbocycles. The summed E-state index contributed by atoms with van der Waals surface area (Å²) in [5, 5.41) is 10.8. The number of nitrogens with zero attached hydrogens (tertiary/aromatic N) is 3. The predicted octanol–water partition coefficient (Wildman–Crippen LogP) is 2.00. The first-order valence-electron chi connectivity index (χ1n) is 7.77. The number of aryl methyl sites for hydroxylation is 1. The summed E-state index contributed by atoms with van der Waals surface area (Å²) in [6.07, 6.45) is 5.72. The molecule has 0 spiro atoms. The molecule has 0 saturated heterocycles. The first-order chi connectivity index (χ1) is 11.2. The Morgan fingerprint density at radius 1 is 1.21 bits per heavy atom. The Balaban J connectivity index is 0.00000288. The molecule has 0 fully saturated rings. The minimum absolute atomic E-state index is 0. The number of hydrogen-bond donors (Lipinski definition) is 2. The van der Waals surface area contributed by atoms with Gasteiger partial charge in [0.15, 0.2) is 5.96 Å². The van der Waals surface area contributed by atoms with E-state index in [9.17, 15) is 0 Å². The highest BCUT2D eigenvalue weighted by molar-refractivity contribution is 14.0. The molecule has 0 aliphatic carbocycles. The van der Waals surface area contributed by atoms with E-state index >= 15 is 0 Å². The van der Waals surface area contributed by atoms with E-state index in [1.54, 1.807) is 14.2 Å². The van der Waals surface area contributed by atoms with Crippen molar-refractivity contribution in [2.75, 3.05) is 27.2 Å².